The zero-order valence-corrected chi connectivity index (χ0v) is 13.0. The second-order valence-corrected chi connectivity index (χ2v) is 5.19. The second-order valence-electron chi connectivity index (χ2n) is 5.19. The summed E-state index contributed by atoms with van der Waals surface area (Å²) in [5.41, 5.74) is 0.171. The van der Waals surface area contributed by atoms with Crippen molar-refractivity contribution in [2.24, 2.45) is 4.99 Å². The lowest BCUT2D eigenvalue weighted by atomic mass is 10.1. The van der Waals surface area contributed by atoms with Gasteiger partial charge in [0, 0.05) is 30.7 Å². The van der Waals surface area contributed by atoms with Crippen molar-refractivity contribution in [1.82, 2.24) is 10.6 Å². The van der Waals surface area contributed by atoms with Crippen LogP contribution in [0.2, 0.25) is 0 Å². The van der Waals surface area contributed by atoms with E-state index in [-0.39, 0.29) is 17.5 Å². The molecule has 1 aromatic carbocycles. The van der Waals surface area contributed by atoms with E-state index < -0.39 is 11.6 Å². The number of guanidine groups is 1. The molecule has 1 aliphatic carbocycles. The zero-order valence-electron chi connectivity index (χ0n) is 13.0. The normalized spacial score (nSPS) is 20.8. The van der Waals surface area contributed by atoms with Gasteiger partial charge >= 0.3 is 0 Å². The number of benzene rings is 1. The number of rotatable bonds is 7. The third-order valence-electron chi connectivity index (χ3n) is 3.54. The van der Waals surface area contributed by atoms with Crippen LogP contribution in [0, 0.1) is 11.6 Å². The molecule has 1 aromatic rings. The van der Waals surface area contributed by atoms with Crippen LogP contribution in [0.1, 0.15) is 31.7 Å². The second kappa shape index (κ2) is 8.08. The molecule has 2 rings (SSSR count). The summed E-state index contributed by atoms with van der Waals surface area (Å²) < 4.78 is 32.8. The number of aliphatic imine (C=N–C) groups is 1. The van der Waals surface area contributed by atoms with Crippen molar-refractivity contribution in [1.29, 1.82) is 0 Å². The highest BCUT2D eigenvalue weighted by atomic mass is 19.1. The summed E-state index contributed by atoms with van der Waals surface area (Å²) in [6, 6.07) is 4.00. The summed E-state index contributed by atoms with van der Waals surface area (Å²) in [5.74, 6) is -0.441. The van der Waals surface area contributed by atoms with Gasteiger partial charge in [0.15, 0.2) is 5.96 Å². The first-order chi connectivity index (χ1) is 10.7. The molecule has 0 amide bonds. The lowest BCUT2D eigenvalue weighted by Gasteiger charge is -2.11. The van der Waals surface area contributed by atoms with Gasteiger partial charge in [-0.15, -0.1) is 0 Å². The highest BCUT2D eigenvalue weighted by Gasteiger charge is 2.42. The molecule has 22 heavy (non-hydrogen) atoms. The summed E-state index contributed by atoms with van der Waals surface area (Å²) in [4.78, 5) is 4.39. The van der Waals surface area contributed by atoms with Crippen LogP contribution in [0.4, 0.5) is 8.78 Å². The number of hydrogen-bond acceptors (Lipinski definition) is 2. The van der Waals surface area contributed by atoms with E-state index in [1.807, 2.05) is 13.8 Å². The molecular formula is C16H23F2N3O. The predicted octanol–water partition coefficient (Wildman–Crippen LogP) is 2.41. The van der Waals surface area contributed by atoms with Crippen LogP contribution in [0.5, 0.6) is 0 Å². The van der Waals surface area contributed by atoms with Gasteiger partial charge in [-0.25, -0.2) is 8.78 Å². The maximum atomic E-state index is 13.8. The minimum atomic E-state index is -0.479. The largest absolute Gasteiger partial charge is 0.380 e. The van der Waals surface area contributed by atoms with Gasteiger partial charge in [0.1, 0.15) is 11.6 Å². The lowest BCUT2D eigenvalue weighted by molar-refractivity contribution is 0.155. The minimum absolute atomic E-state index is 0.0105. The highest BCUT2D eigenvalue weighted by molar-refractivity contribution is 5.80. The SMILES string of the molecule is CCNC(=NCCOCC)NC1CC1c1c(F)cccc1F. The van der Waals surface area contributed by atoms with Gasteiger partial charge in [0.05, 0.1) is 13.2 Å². The number of ether oxygens (including phenoxy) is 1. The van der Waals surface area contributed by atoms with Crippen molar-refractivity contribution < 1.29 is 13.5 Å². The van der Waals surface area contributed by atoms with E-state index >= 15 is 0 Å². The molecule has 0 bridgehead atoms. The van der Waals surface area contributed by atoms with Gasteiger partial charge in [0.2, 0.25) is 0 Å². The molecule has 0 aromatic heterocycles. The van der Waals surface area contributed by atoms with E-state index in [2.05, 4.69) is 15.6 Å². The molecule has 0 saturated heterocycles. The van der Waals surface area contributed by atoms with Gasteiger partial charge in [-0.05, 0) is 32.4 Å². The quantitative estimate of drug-likeness (QED) is 0.462. The molecule has 2 unspecified atom stereocenters. The van der Waals surface area contributed by atoms with Crippen LogP contribution < -0.4 is 10.6 Å². The standard InChI is InChI=1S/C16H23F2N3O/c1-3-19-16(20-8-9-22-4-2)21-14-10-11(14)15-12(17)6-5-7-13(15)18/h5-7,11,14H,3-4,8-10H2,1-2H3,(H2,19,20,21). The Labute approximate surface area is 130 Å². The van der Waals surface area contributed by atoms with Crippen LogP contribution in [-0.4, -0.2) is 38.3 Å². The smallest absolute Gasteiger partial charge is 0.191 e. The molecule has 1 aliphatic rings. The van der Waals surface area contributed by atoms with Crippen molar-refractivity contribution in [2.45, 2.75) is 32.2 Å². The Bertz CT molecular complexity index is 502. The Morgan fingerprint density at radius 1 is 1.32 bits per heavy atom. The average molecular weight is 311 g/mol. The van der Waals surface area contributed by atoms with E-state index in [0.29, 0.717) is 32.1 Å². The van der Waals surface area contributed by atoms with Gasteiger partial charge < -0.3 is 15.4 Å². The van der Waals surface area contributed by atoms with E-state index in [9.17, 15) is 8.78 Å². The summed E-state index contributed by atoms with van der Waals surface area (Å²) >= 11 is 0. The Morgan fingerprint density at radius 3 is 2.68 bits per heavy atom. The van der Waals surface area contributed by atoms with Crippen LogP contribution in [0.25, 0.3) is 0 Å². The molecule has 0 heterocycles. The Balaban J connectivity index is 1.93. The molecule has 1 fully saturated rings. The van der Waals surface area contributed by atoms with Crippen LogP contribution in [-0.2, 0) is 4.74 Å². The van der Waals surface area contributed by atoms with Crippen molar-refractivity contribution in [3.63, 3.8) is 0 Å². The zero-order chi connectivity index (χ0) is 15.9. The number of halogens is 2. The molecule has 6 heteroatoms. The minimum Gasteiger partial charge on any atom is -0.380 e. The number of nitrogens with one attached hydrogen (secondary N) is 2. The molecule has 2 atom stereocenters. The van der Waals surface area contributed by atoms with Gasteiger partial charge in [-0.2, -0.15) is 0 Å². The topological polar surface area (TPSA) is 45.7 Å². The maximum Gasteiger partial charge on any atom is 0.191 e. The molecule has 0 aliphatic heterocycles. The third kappa shape index (κ3) is 4.40. The Hall–Kier alpha value is -1.69. The fraction of sp³-hybridized carbons (Fsp3) is 0.562. The average Bonchev–Trinajstić information content (AvgIpc) is 3.22. The Morgan fingerprint density at radius 2 is 2.05 bits per heavy atom. The van der Waals surface area contributed by atoms with E-state index in [4.69, 9.17) is 4.74 Å². The van der Waals surface area contributed by atoms with E-state index in [0.717, 1.165) is 6.54 Å². The van der Waals surface area contributed by atoms with Gasteiger partial charge in [-0.1, -0.05) is 6.07 Å². The van der Waals surface area contributed by atoms with Crippen molar-refractivity contribution in [2.75, 3.05) is 26.3 Å². The molecule has 0 spiro atoms. The fourth-order valence-electron chi connectivity index (χ4n) is 2.40. The van der Waals surface area contributed by atoms with Crippen LogP contribution >= 0.6 is 0 Å². The van der Waals surface area contributed by atoms with Crippen molar-refractivity contribution in [3.8, 4) is 0 Å². The van der Waals surface area contributed by atoms with Gasteiger partial charge in [-0.3, -0.25) is 4.99 Å². The molecule has 2 N–H and O–H groups in total. The summed E-state index contributed by atoms with van der Waals surface area (Å²) in [5, 5.41) is 6.35. The molecule has 122 valence electrons. The first-order valence-corrected chi connectivity index (χ1v) is 7.73. The van der Waals surface area contributed by atoms with Crippen molar-refractivity contribution in [3.05, 3.63) is 35.4 Å². The van der Waals surface area contributed by atoms with Gasteiger partial charge in [0.25, 0.3) is 0 Å². The Kier molecular flexibility index (Phi) is 6.12. The third-order valence-corrected chi connectivity index (χ3v) is 3.54. The number of hydrogen-bond donors (Lipinski definition) is 2. The molecule has 0 radical (unpaired) electrons. The van der Waals surface area contributed by atoms with Crippen molar-refractivity contribution >= 4 is 5.96 Å². The first-order valence-electron chi connectivity index (χ1n) is 7.73. The highest BCUT2D eigenvalue weighted by Crippen LogP contribution is 2.42. The summed E-state index contributed by atoms with van der Waals surface area (Å²) in [6.45, 7) is 6.41. The van der Waals surface area contributed by atoms with E-state index in [1.54, 1.807) is 0 Å². The molecule has 4 nitrogen and oxygen atoms in total. The molecular weight excluding hydrogens is 288 g/mol. The maximum absolute atomic E-state index is 13.8. The summed E-state index contributed by atoms with van der Waals surface area (Å²) in [7, 11) is 0. The first kappa shape index (κ1) is 16.7. The lowest BCUT2D eigenvalue weighted by Crippen LogP contribution is -2.39. The van der Waals surface area contributed by atoms with Crippen LogP contribution in [0.3, 0.4) is 0 Å². The number of nitrogens with zero attached hydrogens (tertiary/aromatic N) is 1. The molecule has 1 saturated carbocycles. The summed E-state index contributed by atoms with van der Waals surface area (Å²) in [6.07, 6.45) is 0.702. The van der Waals surface area contributed by atoms with Crippen LogP contribution in [0.15, 0.2) is 23.2 Å². The van der Waals surface area contributed by atoms with E-state index in [1.165, 1.54) is 18.2 Å². The fourth-order valence-corrected chi connectivity index (χ4v) is 2.40. The predicted molar refractivity (Wildman–Crippen MR) is 83.1 cm³/mol. The monoisotopic (exact) mass is 311 g/mol.